The monoisotopic (exact) mass is 431 g/mol. The third-order valence-electron chi connectivity index (χ3n) is 5.45. The van der Waals surface area contributed by atoms with Crippen LogP contribution in [0.15, 0.2) is 66.9 Å². The molecule has 0 saturated carbocycles. The molecule has 1 heterocycles. The number of primary amides is 1. The molecule has 3 aromatic rings. The van der Waals surface area contributed by atoms with Crippen LogP contribution in [0.25, 0.3) is 11.1 Å². The largest absolute Gasteiger partial charge is 0.480 e. The predicted octanol–water partition coefficient (Wildman–Crippen LogP) is 2.71. The van der Waals surface area contributed by atoms with Crippen LogP contribution in [-0.4, -0.2) is 40.7 Å². The fraction of sp³-hybridized carbons (Fsp3) is 0.167. The van der Waals surface area contributed by atoms with E-state index in [0.29, 0.717) is 5.69 Å². The van der Waals surface area contributed by atoms with Gasteiger partial charge in [0, 0.05) is 29.8 Å². The number of carbonyl (C=O) groups is 3. The SMILES string of the molecule is NC(=O)c1ccnc(C[C@H](NC(=O)OCC2c3ccccc3-c3ccccc32)C(=O)O)c1. The van der Waals surface area contributed by atoms with E-state index in [-0.39, 0.29) is 24.5 Å². The maximum Gasteiger partial charge on any atom is 0.407 e. The molecule has 4 N–H and O–H groups in total. The van der Waals surface area contributed by atoms with Gasteiger partial charge in [-0.1, -0.05) is 48.5 Å². The van der Waals surface area contributed by atoms with Crippen molar-refractivity contribution in [2.45, 2.75) is 18.4 Å². The Morgan fingerprint density at radius 1 is 1.03 bits per heavy atom. The van der Waals surface area contributed by atoms with Gasteiger partial charge < -0.3 is 20.9 Å². The maximum absolute atomic E-state index is 12.4. The first-order chi connectivity index (χ1) is 15.4. The molecule has 2 aromatic carbocycles. The lowest BCUT2D eigenvalue weighted by molar-refractivity contribution is -0.139. The third-order valence-corrected chi connectivity index (χ3v) is 5.45. The van der Waals surface area contributed by atoms with E-state index in [1.807, 2.05) is 48.5 Å². The van der Waals surface area contributed by atoms with Crippen molar-refractivity contribution in [3.63, 3.8) is 0 Å². The first-order valence-electron chi connectivity index (χ1n) is 10.0. The van der Waals surface area contributed by atoms with Gasteiger partial charge in [-0.25, -0.2) is 9.59 Å². The molecule has 0 radical (unpaired) electrons. The summed E-state index contributed by atoms with van der Waals surface area (Å²) in [6.45, 7) is 0.0710. The molecule has 0 spiro atoms. The summed E-state index contributed by atoms with van der Waals surface area (Å²) in [6, 6.07) is 17.4. The first kappa shape index (κ1) is 21.0. The Balaban J connectivity index is 1.43. The maximum atomic E-state index is 12.4. The second-order valence-electron chi connectivity index (χ2n) is 7.46. The van der Waals surface area contributed by atoms with E-state index in [9.17, 15) is 19.5 Å². The molecule has 2 amide bonds. The van der Waals surface area contributed by atoms with Crippen LogP contribution in [0.5, 0.6) is 0 Å². The Morgan fingerprint density at radius 2 is 1.66 bits per heavy atom. The minimum absolute atomic E-state index is 0.0710. The van der Waals surface area contributed by atoms with Crippen LogP contribution in [0.1, 0.15) is 33.1 Å². The fourth-order valence-electron chi connectivity index (χ4n) is 3.93. The summed E-state index contributed by atoms with van der Waals surface area (Å²) in [4.78, 5) is 39.4. The zero-order valence-corrected chi connectivity index (χ0v) is 17.0. The Morgan fingerprint density at radius 3 is 2.25 bits per heavy atom. The summed E-state index contributed by atoms with van der Waals surface area (Å²) in [5.74, 6) is -2.03. The Hall–Kier alpha value is -4.20. The van der Waals surface area contributed by atoms with Gasteiger partial charge in [-0.3, -0.25) is 9.78 Å². The highest BCUT2D eigenvalue weighted by atomic mass is 16.5. The van der Waals surface area contributed by atoms with E-state index in [1.165, 1.54) is 18.3 Å². The number of hydrogen-bond donors (Lipinski definition) is 3. The van der Waals surface area contributed by atoms with Gasteiger partial charge in [0.15, 0.2) is 0 Å². The average molecular weight is 431 g/mol. The van der Waals surface area contributed by atoms with Gasteiger partial charge in [-0.15, -0.1) is 0 Å². The Kier molecular flexibility index (Phi) is 5.85. The van der Waals surface area contributed by atoms with Crippen molar-refractivity contribution in [1.29, 1.82) is 0 Å². The van der Waals surface area contributed by atoms with Gasteiger partial charge in [-0.05, 0) is 34.4 Å². The van der Waals surface area contributed by atoms with Crippen molar-refractivity contribution in [1.82, 2.24) is 10.3 Å². The summed E-state index contributed by atoms with van der Waals surface area (Å²) in [5.41, 5.74) is 10.1. The van der Waals surface area contributed by atoms with E-state index in [4.69, 9.17) is 10.5 Å². The van der Waals surface area contributed by atoms with Crippen LogP contribution in [0, 0.1) is 0 Å². The molecule has 32 heavy (non-hydrogen) atoms. The molecule has 0 bridgehead atoms. The van der Waals surface area contributed by atoms with E-state index in [2.05, 4.69) is 10.3 Å². The highest BCUT2D eigenvalue weighted by molar-refractivity contribution is 5.92. The summed E-state index contributed by atoms with van der Waals surface area (Å²) >= 11 is 0. The van der Waals surface area contributed by atoms with E-state index in [0.717, 1.165) is 22.3 Å². The molecule has 4 rings (SSSR count). The highest BCUT2D eigenvalue weighted by Crippen LogP contribution is 2.44. The number of nitrogens with two attached hydrogens (primary N) is 1. The molecule has 1 atom stereocenters. The van der Waals surface area contributed by atoms with Gasteiger partial charge in [0.05, 0.1) is 0 Å². The minimum Gasteiger partial charge on any atom is -0.480 e. The number of carbonyl (C=O) groups excluding carboxylic acids is 2. The zero-order valence-electron chi connectivity index (χ0n) is 17.0. The van der Waals surface area contributed by atoms with Crippen LogP contribution >= 0.6 is 0 Å². The van der Waals surface area contributed by atoms with Crippen molar-refractivity contribution < 1.29 is 24.2 Å². The van der Waals surface area contributed by atoms with E-state index in [1.54, 1.807) is 0 Å². The molecular formula is C24H21N3O5. The average Bonchev–Trinajstić information content (AvgIpc) is 3.11. The topological polar surface area (TPSA) is 132 Å². The number of hydrogen-bond acceptors (Lipinski definition) is 5. The lowest BCUT2D eigenvalue weighted by Gasteiger charge is -2.17. The van der Waals surface area contributed by atoms with Gasteiger partial charge in [0.2, 0.25) is 5.91 Å². The van der Waals surface area contributed by atoms with E-state index >= 15 is 0 Å². The molecule has 8 nitrogen and oxygen atoms in total. The number of aliphatic carboxylic acids is 1. The number of nitrogens with zero attached hydrogens (tertiary/aromatic N) is 1. The Labute approximate surface area is 184 Å². The number of ether oxygens (including phenoxy) is 1. The van der Waals surface area contributed by atoms with Crippen LogP contribution in [0.4, 0.5) is 4.79 Å². The highest BCUT2D eigenvalue weighted by Gasteiger charge is 2.30. The second-order valence-corrected chi connectivity index (χ2v) is 7.46. The van der Waals surface area contributed by atoms with Gasteiger partial charge in [0.25, 0.3) is 0 Å². The number of benzene rings is 2. The standard InChI is InChI=1S/C24H21N3O5/c25-22(28)14-9-10-26-15(11-14)12-21(23(29)30)27-24(31)32-13-20-18-7-3-1-5-16(18)17-6-2-4-8-19(17)20/h1-11,20-21H,12-13H2,(H2,25,28)(H,27,31)(H,29,30)/t21-/m0/s1. The summed E-state index contributed by atoms with van der Waals surface area (Å²) in [6.07, 6.45) is 0.396. The first-order valence-corrected chi connectivity index (χ1v) is 10.0. The number of amides is 2. The molecule has 1 aromatic heterocycles. The van der Waals surface area contributed by atoms with Gasteiger partial charge in [0.1, 0.15) is 12.6 Å². The normalized spacial score (nSPS) is 13.0. The van der Waals surface area contributed by atoms with Gasteiger partial charge >= 0.3 is 12.1 Å². The van der Waals surface area contributed by atoms with Crippen LogP contribution in [0.2, 0.25) is 0 Å². The molecule has 0 unspecified atom stereocenters. The lowest BCUT2D eigenvalue weighted by Crippen LogP contribution is -2.43. The molecule has 0 aliphatic heterocycles. The van der Waals surface area contributed by atoms with Crippen LogP contribution in [-0.2, 0) is 16.0 Å². The van der Waals surface area contributed by atoms with Crippen molar-refractivity contribution >= 4 is 18.0 Å². The zero-order chi connectivity index (χ0) is 22.7. The molecule has 162 valence electrons. The van der Waals surface area contributed by atoms with Crippen molar-refractivity contribution in [3.05, 3.63) is 89.2 Å². The fourth-order valence-corrected chi connectivity index (χ4v) is 3.93. The van der Waals surface area contributed by atoms with E-state index < -0.39 is 24.0 Å². The lowest BCUT2D eigenvalue weighted by atomic mass is 9.98. The number of fused-ring (bicyclic) bond motifs is 3. The predicted molar refractivity (Wildman–Crippen MR) is 116 cm³/mol. The quantitative estimate of drug-likeness (QED) is 0.527. The van der Waals surface area contributed by atoms with Crippen LogP contribution < -0.4 is 11.1 Å². The van der Waals surface area contributed by atoms with Crippen molar-refractivity contribution in [2.75, 3.05) is 6.61 Å². The number of carboxylic acid groups (broad SMARTS) is 1. The molecule has 1 aliphatic rings. The number of nitrogens with one attached hydrogen (secondary N) is 1. The molecule has 0 saturated heterocycles. The van der Waals surface area contributed by atoms with Crippen LogP contribution in [0.3, 0.4) is 0 Å². The second kappa shape index (κ2) is 8.89. The molecular weight excluding hydrogens is 410 g/mol. The molecule has 0 fully saturated rings. The van der Waals surface area contributed by atoms with Crippen molar-refractivity contribution in [2.24, 2.45) is 5.73 Å². The molecule has 1 aliphatic carbocycles. The summed E-state index contributed by atoms with van der Waals surface area (Å²) in [5, 5.41) is 11.9. The number of aromatic nitrogens is 1. The third kappa shape index (κ3) is 4.29. The molecule has 8 heteroatoms. The number of rotatable bonds is 7. The number of carboxylic acids is 1. The van der Waals surface area contributed by atoms with Gasteiger partial charge in [-0.2, -0.15) is 0 Å². The summed E-state index contributed by atoms with van der Waals surface area (Å²) in [7, 11) is 0. The summed E-state index contributed by atoms with van der Waals surface area (Å²) < 4.78 is 5.41. The van der Waals surface area contributed by atoms with Crippen molar-refractivity contribution in [3.8, 4) is 11.1 Å². The minimum atomic E-state index is -1.28. The number of pyridine rings is 1. The smallest absolute Gasteiger partial charge is 0.407 e. The Bertz CT molecular complexity index is 1150. The number of alkyl carbamates (subject to hydrolysis) is 1.